The molecular weight excluding hydrogens is 280 g/mol. The van der Waals surface area contributed by atoms with E-state index < -0.39 is 0 Å². The molecular formula is C17H20N2O3. The van der Waals surface area contributed by atoms with Crippen LogP contribution >= 0.6 is 0 Å². The molecule has 2 aromatic rings. The van der Waals surface area contributed by atoms with Crippen molar-refractivity contribution in [2.75, 3.05) is 19.8 Å². The van der Waals surface area contributed by atoms with E-state index in [2.05, 4.69) is 10.3 Å². The van der Waals surface area contributed by atoms with Crippen LogP contribution in [0.4, 0.5) is 0 Å². The van der Waals surface area contributed by atoms with Gasteiger partial charge in [0.2, 0.25) is 0 Å². The first-order valence-corrected chi connectivity index (χ1v) is 7.72. The Hall–Kier alpha value is -2.14. The summed E-state index contributed by atoms with van der Waals surface area (Å²) in [4.78, 5) is 26.6. The predicted molar refractivity (Wildman–Crippen MR) is 85.1 cm³/mol. The molecule has 0 aliphatic heterocycles. The molecule has 1 amide bonds. The predicted octanol–water partition coefficient (Wildman–Crippen LogP) is 2.07. The maximum Gasteiger partial charge on any atom is 0.267 e. The molecule has 0 radical (unpaired) electrons. The van der Waals surface area contributed by atoms with Gasteiger partial charge in [0.1, 0.15) is 5.69 Å². The number of pyridine rings is 1. The van der Waals surface area contributed by atoms with Crippen molar-refractivity contribution in [2.45, 2.75) is 19.3 Å². The van der Waals surface area contributed by atoms with Gasteiger partial charge in [-0.15, -0.1) is 0 Å². The molecule has 1 aromatic heterocycles. The van der Waals surface area contributed by atoms with Gasteiger partial charge in [-0.2, -0.15) is 0 Å². The molecule has 5 heteroatoms. The Balaban J connectivity index is 1.52. The van der Waals surface area contributed by atoms with E-state index in [1.54, 1.807) is 18.2 Å². The molecule has 1 aliphatic rings. The van der Waals surface area contributed by atoms with E-state index in [9.17, 15) is 9.59 Å². The van der Waals surface area contributed by atoms with Crippen molar-refractivity contribution in [3.63, 3.8) is 0 Å². The zero-order chi connectivity index (χ0) is 15.4. The smallest absolute Gasteiger partial charge is 0.267 e. The molecule has 0 saturated heterocycles. The largest absolute Gasteiger partial charge is 0.381 e. The third-order valence-electron chi connectivity index (χ3n) is 3.80. The fraction of sp³-hybridized carbons (Fsp3) is 0.412. The second-order valence-electron chi connectivity index (χ2n) is 5.73. The summed E-state index contributed by atoms with van der Waals surface area (Å²) in [6.07, 6.45) is 3.34. The third-order valence-corrected chi connectivity index (χ3v) is 3.80. The van der Waals surface area contributed by atoms with E-state index >= 15 is 0 Å². The number of nitrogens with one attached hydrogen (secondary N) is 2. The maximum absolute atomic E-state index is 12.1. The number of aromatic nitrogens is 1. The van der Waals surface area contributed by atoms with Crippen LogP contribution in [0.15, 0.2) is 35.1 Å². The Bertz CT molecular complexity index is 719. The topological polar surface area (TPSA) is 71.2 Å². The molecule has 1 heterocycles. The molecule has 116 valence electrons. The van der Waals surface area contributed by atoms with E-state index in [1.807, 2.05) is 12.1 Å². The van der Waals surface area contributed by atoms with Crippen molar-refractivity contribution in [2.24, 2.45) is 5.92 Å². The van der Waals surface area contributed by atoms with Crippen molar-refractivity contribution in [1.29, 1.82) is 0 Å². The minimum atomic E-state index is -0.259. The minimum absolute atomic E-state index is 0.240. The SMILES string of the molecule is O=C(NCCCOCC1CC1)c1cc2ccccc2c(=O)[nH]1. The number of benzene rings is 1. The van der Waals surface area contributed by atoms with Crippen LogP contribution in [0.5, 0.6) is 0 Å². The van der Waals surface area contributed by atoms with Crippen molar-refractivity contribution >= 4 is 16.7 Å². The maximum atomic E-state index is 12.1. The molecule has 0 unspecified atom stereocenters. The van der Waals surface area contributed by atoms with Gasteiger partial charge in [-0.05, 0) is 42.7 Å². The minimum Gasteiger partial charge on any atom is -0.381 e. The summed E-state index contributed by atoms with van der Waals surface area (Å²) in [7, 11) is 0. The van der Waals surface area contributed by atoms with Gasteiger partial charge in [0, 0.05) is 25.1 Å². The van der Waals surface area contributed by atoms with Gasteiger partial charge in [0.25, 0.3) is 11.5 Å². The van der Waals surface area contributed by atoms with Crippen LogP contribution in [0, 0.1) is 5.92 Å². The molecule has 1 saturated carbocycles. The van der Waals surface area contributed by atoms with Gasteiger partial charge in [-0.3, -0.25) is 9.59 Å². The molecule has 1 aliphatic carbocycles. The fourth-order valence-corrected chi connectivity index (χ4v) is 2.34. The number of hydrogen-bond donors (Lipinski definition) is 2. The first kappa shape index (κ1) is 14.8. The van der Waals surface area contributed by atoms with Crippen LogP contribution in [-0.2, 0) is 4.74 Å². The number of carbonyl (C=O) groups is 1. The van der Waals surface area contributed by atoms with E-state index in [1.165, 1.54) is 12.8 Å². The molecule has 5 nitrogen and oxygen atoms in total. The highest BCUT2D eigenvalue weighted by Crippen LogP contribution is 2.28. The number of H-pyrrole nitrogens is 1. The van der Waals surface area contributed by atoms with Gasteiger partial charge >= 0.3 is 0 Å². The summed E-state index contributed by atoms with van der Waals surface area (Å²) < 4.78 is 5.51. The van der Waals surface area contributed by atoms with Crippen LogP contribution < -0.4 is 10.9 Å². The Labute approximate surface area is 128 Å². The molecule has 1 aromatic carbocycles. The Kier molecular flexibility index (Phi) is 4.53. The number of aromatic amines is 1. The lowest BCUT2D eigenvalue weighted by Gasteiger charge is -2.07. The van der Waals surface area contributed by atoms with Crippen molar-refractivity contribution in [3.8, 4) is 0 Å². The van der Waals surface area contributed by atoms with Crippen molar-refractivity contribution < 1.29 is 9.53 Å². The fourth-order valence-electron chi connectivity index (χ4n) is 2.34. The highest BCUT2D eigenvalue weighted by atomic mass is 16.5. The zero-order valence-electron chi connectivity index (χ0n) is 12.4. The van der Waals surface area contributed by atoms with Crippen molar-refractivity contribution in [3.05, 3.63) is 46.4 Å². The molecule has 3 rings (SSSR count). The Morgan fingerprint density at radius 2 is 2.14 bits per heavy atom. The quantitative estimate of drug-likeness (QED) is 0.769. The summed E-state index contributed by atoms with van der Waals surface area (Å²) in [6.45, 7) is 2.04. The van der Waals surface area contributed by atoms with Gasteiger partial charge < -0.3 is 15.0 Å². The van der Waals surface area contributed by atoms with Crippen LogP contribution in [0.2, 0.25) is 0 Å². The second kappa shape index (κ2) is 6.75. The van der Waals surface area contributed by atoms with Crippen LogP contribution in [0.3, 0.4) is 0 Å². The van der Waals surface area contributed by atoms with E-state index in [-0.39, 0.29) is 11.5 Å². The van der Waals surface area contributed by atoms with E-state index in [4.69, 9.17) is 4.74 Å². The number of carbonyl (C=O) groups excluding carboxylic acids is 1. The summed E-state index contributed by atoms with van der Waals surface area (Å²) in [5, 5.41) is 4.16. The number of fused-ring (bicyclic) bond motifs is 1. The van der Waals surface area contributed by atoms with Gasteiger partial charge in [0.05, 0.1) is 0 Å². The van der Waals surface area contributed by atoms with E-state index in [0.717, 1.165) is 24.3 Å². The highest BCUT2D eigenvalue weighted by Gasteiger charge is 2.20. The van der Waals surface area contributed by atoms with Crippen molar-refractivity contribution in [1.82, 2.24) is 10.3 Å². The van der Waals surface area contributed by atoms with Crippen LogP contribution in [-0.4, -0.2) is 30.6 Å². The lowest BCUT2D eigenvalue weighted by molar-refractivity contribution is 0.0932. The number of ether oxygens (including phenoxy) is 1. The number of hydrogen-bond acceptors (Lipinski definition) is 3. The lowest BCUT2D eigenvalue weighted by Crippen LogP contribution is -2.28. The Morgan fingerprint density at radius 1 is 1.32 bits per heavy atom. The van der Waals surface area contributed by atoms with Crippen LogP contribution in [0.1, 0.15) is 29.8 Å². The third kappa shape index (κ3) is 3.74. The highest BCUT2D eigenvalue weighted by molar-refractivity contribution is 5.96. The lowest BCUT2D eigenvalue weighted by atomic mass is 10.1. The Morgan fingerprint density at radius 3 is 2.95 bits per heavy atom. The average Bonchev–Trinajstić information content (AvgIpc) is 3.34. The molecule has 0 bridgehead atoms. The summed E-state index contributed by atoms with van der Waals surface area (Å²) in [5.74, 6) is 0.502. The van der Waals surface area contributed by atoms with Gasteiger partial charge in [0.15, 0.2) is 0 Å². The number of amides is 1. The summed E-state index contributed by atoms with van der Waals surface area (Å²) >= 11 is 0. The first-order valence-electron chi connectivity index (χ1n) is 7.72. The van der Waals surface area contributed by atoms with Gasteiger partial charge in [-0.25, -0.2) is 0 Å². The molecule has 2 N–H and O–H groups in total. The molecule has 0 atom stereocenters. The standard InChI is InChI=1S/C17H20N2O3/c20-16-14-5-2-1-4-13(14)10-15(19-16)17(21)18-8-3-9-22-11-12-6-7-12/h1-2,4-5,10,12H,3,6-9,11H2,(H,18,21)(H,19,20). The summed E-state index contributed by atoms with van der Waals surface area (Å²) in [5.41, 5.74) is 0.0543. The van der Waals surface area contributed by atoms with E-state index in [0.29, 0.717) is 24.2 Å². The molecule has 22 heavy (non-hydrogen) atoms. The molecule has 1 fully saturated rings. The van der Waals surface area contributed by atoms with Crippen LogP contribution in [0.25, 0.3) is 10.8 Å². The zero-order valence-corrected chi connectivity index (χ0v) is 12.4. The summed E-state index contributed by atoms with van der Waals surface area (Å²) in [6, 6.07) is 8.93. The monoisotopic (exact) mass is 300 g/mol. The normalized spacial score (nSPS) is 14.2. The van der Waals surface area contributed by atoms with Gasteiger partial charge in [-0.1, -0.05) is 18.2 Å². The molecule has 0 spiro atoms. The second-order valence-corrected chi connectivity index (χ2v) is 5.73. The average molecular weight is 300 g/mol. The first-order chi connectivity index (χ1) is 10.7. The number of rotatable bonds is 7.